The second kappa shape index (κ2) is 10.6. The Kier molecular flexibility index (Phi) is 9.22. The zero-order chi connectivity index (χ0) is 18.0. The number of carbonyl (C=O) groups excluding carboxylic acids is 2. The maximum absolute atomic E-state index is 12.4. The van der Waals surface area contributed by atoms with E-state index in [1.165, 1.54) is 0 Å². The first-order chi connectivity index (χ1) is 11.4. The molecule has 4 nitrogen and oxygen atoms in total. The maximum Gasteiger partial charge on any atom is 0.410 e. The van der Waals surface area contributed by atoms with Gasteiger partial charge in [-0.2, -0.15) is 11.8 Å². The van der Waals surface area contributed by atoms with Crippen LogP contribution in [0.15, 0.2) is 24.3 Å². The minimum atomic E-state index is -0.314. The summed E-state index contributed by atoms with van der Waals surface area (Å²) in [5.74, 6) is 1.56. The molecule has 1 aromatic carbocycles. The summed E-state index contributed by atoms with van der Waals surface area (Å²) in [7, 11) is 0. The van der Waals surface area contributed by atoms with Gasteiger partial charge in [-0.05, 0) is 38.2 Å². The van der Waals surface area contributed by atoms with Crippen molar-refractivity contribution in [2.75, 3.05) is 24.7 Å². The summed E-state index contributed by atoms with van der Waals surface area (Å²) < 4.78 is 5.43. The van der Waals surface area contributed by atoms with Crippen LogP contribution in [0.3, 0.4) is 0 Å². The zero-order valence-corrected chi connectivity index (χ0v) is 16.2. The van der Waals surface area contributed by atoms with Crippen molar-refractivity contribution in [1.29, 1.82) is 0 Å². The fourth-order valence-electron chi connectivity index (χ4n) is 2.12. The molecular weight excluding hydrogens is 346 g/mol. The Balaban J connectivity index is 2.46. The van der Waals surface area contributed by atoms with Gasteiger partial charge < -0.3 is 14.4 Å². The van der Waals surface area contributed by atoms with Gasteiger partial charge in [0, 0.05) is 35.7 Å². The van der Waals surface area contributed by atoms with Crippen LogP contribution < -0.4 is 0 Å². The van der Waals surface area contributed by atoms with E-state index >= 15 is 0 Å². The molecule has 1 amide bonds. The van der Waals surface area contributed by atoms with E-state index in [1.54, 1.807) is 16.7 Å². The van der Waals surface area contributed by atoms with Crippen molar-refractivity contribution >= 4 is 35.7 Å². The van der Waals surface area contributed by atoms with Crippen molar-refractivity contribution in [3.63, 3.8) is 0 Å². The van der Waals surface area contributed by atoms with Gasteiger partial charge in [0.15, 0.2) is 0 Å². The molecule has 0 unspecified atom stereocenters. The molecule has 0 aliphatic carbocycles. The number of rotatable bonds is 9. The number of halogens is 1. The SMILES string of the molecule is CC(C)(C)N(CCSCCC=O)C(=O)OCCc1ccccc1Cl. The van der Waals surface area contributed by atoms with Crippen LogP contribution in [-0.2, 0) is 16.0 Å². The predicted octanol–water partition coefficient (Wildman–Crippen LogP) is 4.44. The molecule has 0 atom stereocenters. The van der Waals surface area contributed by atoms with Crippen molar-refractivity contribution in [1.82, 2.24) is 4.90 Å². The lowest BCUT2D eigenvalue weighted by atomic mass is 10.1. The summed E-state index contributed by atoms with van der Waals surface area (Å²) >= 11 is 7.77. The molecule has 0 aliphatic heterocycles. The van der Waals surface area contributed by atoms with Gasteiger partial charge in [-0.25, -0.2) is 4.79 Å². The van der Waals surface area contributed by atoms with Crippen molar-refractivity contribution in [2.45, 2.75) is 39.2 Å². The fourth-order valence-corrected chi connectivity index (χ4v) is 3.13. The third-order valence-corrected chi connectivity index (χ3v) is 4.79. The minimum Gasteiger partial charge on any atom is -0.449 e. The van der Waals surface area contributed by atoms with Gasteiger partial charge in [-0.1, -0.05) is 29.8 Å². The molecule has 0 saturated carbocycles. The van der Waals surface area contributed by atoms with Crippen molar-refractivity contribution in [3.05, 3.63) is 34.9 Å². The fraction of sp³-hybridized carbons (Fsp3) is 0.556. The summed E-state index contributed by atoms with van der Waals surface area (Å²) in [6.45, 7) is 6.85. The Morgan fingerprint density at radius 2 is 2.00 bits per heavy atom. The van der Waals surface area contributed by atoms with Crippen molar-refractivity contribution in [3.8, 4) is 0 Å². The van der Waals surface area contributed by atoms with Crippen LogP contribution in [0.25, 0.3) is 0 Å². The van der Waals surface area contributed by atoms with Crippen LogP contribution >= 0.6 is 23.4 Å². The van der Waals surface area contributed by atoms with E-state index in [4.69, 9.17) is 16.3 Å². The van der Waals surface area contributed by atoms with Crippen molar-refractivity contribution < 1.29 is 14.3 Å². The second-order valence-corrected chi connectivity index (χ2v) is 7.98. The first kappa shape index (κ1) is 20.8. The normalized spacial score (nSPS) is 11.2. The van der Waals surface area contributed by atoms with E-state index < -0.39 is 0 Å². The number of carbonyl (C=O) groups is 2. The highest BCUT2D eigenvalue weighted by Crippen LogP contribution is 2.18. The average Bonchev–Trinajstić information content (AvgIpc) is 2.51. The van der Waals surface area contributed by atoms with Gasteiger partial charge in [0.25, 0.3) is 0 Å². The number of thioether (sulfide) groups is 1. The third kappa shape index (κ3) is 7.58. The van der Waals surface area contributed by atoms with Gasteiger partial charge >= 0.3 is 6.09 Å². The zero-order valence-electron chi connectivity index (χ0n) is 14.6. The number of amides is 1. The molecule has 0 radical (unpaired) electrons. The Hall–Kier alpha value is -1.20. The van der Waals surface area contributed by atoms with Crippen LogP contribution in [0.5, 0.6) is 0 Å². The molecule has 0 spiro atoms. The second-order valence-electron chi connectivity index (χ2n) is 6.35. The smallest absolute Gasteiger partial charge is 0.410 e. The van der Waals surface area contributed by atoms with E-state index in [0.717, 1.165) is 23.4 Å². The van der Waals surface area contributed by atoms with E-state index in [9.17, 15) is 9.59 Å². The molecule has 0 aliphatic rings. The minimum absolute atomic E-state index is 0.299. The van der Waals surface area contributed by atoms with Crippen LogP contribution in [0.2, 0.25) is 5.02 Å². The lowest BCUT2D eigenvalue weighted by molar-refractivity contribution is -0.107. The topological polar surface area (TPSA) is 46.6 Å². The van der Waals surface area contributed by atoms with Crippen LogP contribution in [-0.4, -0.2) is 47.5 Å². The number of aldehydes is 1. The lowest BCUT2D eigenvalue weighted by Gasteiger charge is -2.34. The highest BCUT2D eigenvalue weighted by molar-refractivity contribution is 7.99. The van der Waals surface area contributed by atoms with Crippen LogP contribution in [0, 0.1) is 0 Å². The molecule has 134 valence electrons. The van der Waals surface area contributed by atoms with Gasteiger partial charge in [0.1, 0.15) is 6.29 Å². The van der Waals surface area contributed by atoms with E-state index in [2.05, 4.69) is 0 Å². The maximum atomic E-state index is 12.4. The first-order valence-electron chi connectivity index (χ1n) is 8.05. The molecular formula is C18H26ClNO3S. The largest absolute Gasteiger partial charge is 0.449 e. The van der Waals surface area contributed by atoms with Crippen LogP contribution in [0.4, 0.5) is 4.79 Å². The molecule has 24 heavy (non-hydrogen) atoms. The monoisotopic (exact) mass is 371 g/mol. The number of hydrogen-bond donors (Lipinski definition) is 0. The first-order valence-corrected chi connectivity index (χ1v) is 9.58. The van der Waals surface area contributed by atoms with Gasteiger partial charge in [0.2, 0.25) is 0 Å². The number of ether oxygens (including phenoxy) is 1. The van der Waals surface area contributed by atoms with Gasteiger partial charge in [0.05, 0.1) is 6.61 Å². The Morgan fingerprint density at radius 3 is 2.62 bits per heavy atom. The van der Waals surface area contributed by atoms with Gasteiger partial charge in [-0.3, -0.25) is 0 Å². The molecule has 1 aromatic rings. The molecule has 1 rings (SSSR count). The standard InChI is InChI=1S/C18H26ClNO3S/c1-18(2,3)20(10-14-24-13-6-11-21)17(22)23-12-9-15-7-4-5-8-16(15)19/h4-5,7-8,11H,6,9-10,12-14H2,1-3H3. The van der Waals surface area contributed by atoms with E-state index in [-0.39, 0.29) is 11.6 Å². The number of benzene rings is 1. The molecule has 0 saturated heterocycles. The van der Waals surface area contributed by atoms with Gasteiger partial charge in [-0.15, -0.1) is 0 Å². The lowest BCUT2D eigenvalue weighted by Crippen LogP contribution is -2.47. The summed E-state index contributed by atoms with van der Waals surface area (Å²) in [5.41, 5.74) is 0.658. The Morgan fingerprint density at radius 1 is 1.29 bits per heavy atom. The van der Waals surface area contributed by atoms with Crippen LogP contribution in [0.1, 0.15) is 32.8 Å². The Bertz CT molecular complexity index is 531. The van der Waals surface area contributed by atoms with Crippen molar-refractivity contribution in [2.24, 2.45) is 0 Å². The number of nitrogens with zero attached hydrogens (tertiary/aromatic N) is 1. The Labute approximate surface area is 153 Å². The summed E-state index contributed by atoms with van der Waals surface area (Å²) in [4.78, 5) is 24.4. The molecule has 0 N–H and O–H groups in total. The number of hydrogen-bond acceptors (Lipinski definition) is 4. The molecule has 0 fully saturated rings. The van der Waals surface area contributed by atoms with E-state index in [1.807, 2.05) is 45.0 Å². The highest BCUT2D eigenvalue weighted by Gasteiger charge is 2.27. The molecule has 6 heteroatoms. The quantitative estimate of drug-likeness (QED) is 0.475. The molecule has 0 aromatic heterocycles. The highest BCUT2D eigenvalue weighted by atomic mass is 35.5. The summed E-state index contributed by atoms with van der Waals surface area (Å²) in [5, 5.41) is 0.688. The van der Waals surface area contributed by atoms with E-state index in [0.29, 0.717) is 31.0 Å². The predicted molar refractivity (Wildman–Crippen MR) is 101 cm³/mol. The molecule has 0 heterocycles. The molecule has 0 bridgehead atoms. The average molecular weight is 372 g/mol. The summed E-state index contributed by atoms with van der Waals surface area (Å²) in [6.07, 6.45) is 1.74. The summed E-state index contributed by atoms with van der Waals surface area (Å²) in [6, 6.07) is 7.56. The third-order valence-electron chi connectivity index (χ3n) is 3.42.